The number of amides is 4. The summed E-state index contributed by atoms with van der Waals surface area (Å²) in [6.45, 7) is 1.82. The molecule has 0 atom stereocenters. The Morgan fingerprint density at radius 1 is 0.829 bits per heavy atom. The first-order valence-electron chi connectivity index (χ1n) is 10.1. The van der Waals surface area contributed by atoms with E-state index < -0.39 is 23.6 Å². The quantitative estimate of drug-likeness (QED) is 0.226. The summed E-state index contributed by atoms with van der Waals surface area (Å²) in [6.07, 6.45) is 1.18. The van der Waals surface area contributed by atoms with Crippen molar-refractivity contribution in [2.45, 2.75) is 13.5 Å². The van der Waals surface area contributed by atoms with E-state index in [1.54, 1.807) is 30.3 Å². The number of hydrogen-bond donors (Lipinski definition) is 4. The number of hydrogen-bond acceptors (Lipinski definition) is 6. The molecule has 35 heavy (non-hydrogen) atoms. The predicted molar refractivity (Wildman–Crippen MR) is 131 cm³/mol. The number of halogens is 2. The molecule has 0 saturated carbocycles. The summed E-state index contributed by atoms with van der Waals surface area (Å²) in [4.78, 5) is 47.7. The van der Waals surface area contributed by atoms with Crippen LogP contribution in [0.15, 0.2) is 64.1 Å². The van der Waals surface area contributed by atoms with Crippen molar-refractivity contribution in [3.8, 4) is 0 Å². The number of nitrogens with zero attached hydrogens (tertiary/aromatic N) is 1. The maximum atomic E-state index is 12.0. The zero-order valence-corrected chi connectivity index (χ0v) is 19.7. The second-order valence-electron chi connectivity index (χ2n) is 7.09. The van der Waals surface area contributed by atoms with Gasteiger partial charge in [0.05, 0.1) is 22.8 Å². The minimum atomic E-state index is -0.964. The molecule has 180 valence electrons. The van der Waals surface area contributed by atoms with Crippen LogP contribution in [0.4, 0.5) is 11.4 Å². The lowest BCUT2D eigenvalue weighted by Gasteiger charge is -2.06. The molecule has 3 rings (SSSR count). The zero-order chi connectivity index (χ0) is 25.4. The average Bonchev–Trinajstić information content (AvgIpc) is 3.28. The topological polar surface area (TPSA) is 142 Å². The summed E-state index contributed by atoms with van der Waals surface area (Å²) in [5.74, 6) is -3.07. The molecule has 0 fully saturated rings. The molecule has 1 heterocycles. The van der Waals surface area contributed by atoms with Gasteiger partial charge in [-0.2, -0.15) is 5.10 Å². The maximum absolute atomic E-state index is 12.0. The lowest BCUT2D eigenvalue weighted by atomic mass is 10.2. The third-order valence-electron chi connectivity index (χ3n) is 4.36. The number of furan rings is 1. The lowest BCUT2D eigenvalue weighted by Crippen LogP contribution is -2.34. The van der Waals surface area contributed by atoms with E-state index in [0.717, 1.165) is 5.56 Å². The largest absolute Gasteiger partial charge is 0.458 e. The van der Waals surface area contributed by atoms with Crippen molar-refractivity contribution in [1.29, 1.82) is 0 Å². The van der Waals surface area contributed by atoms with E-state index >= 15 is 0 Å². The number of carbonyl (C=O) groups is 4. The van der Waals surface area contributed by atoms with Gasteiger partial charge in [-0.05, 0) is 49.4 Å². The Labute approximate surface area is 209 Å². The van der Waals surface area contributed by atoms with Gasteiger partial charge in [0.25, 0.3) is 0 Å². The van der Waals surface area contributed by atoms with Crippen LogP contribution in [0.1, 0.15) is 17.1 Å². The molecular formula is C23H19Cl2N5O5. The summed E-state index contributed by atoms with van der Waals surface area (Å²) in [5.41, 5.74) is 3.89. The van der Waals surface area contributed by atoms with Gasteiger partial charge < -0.3 is 20.4 Å². The predicted octanol–water partition coefficient (Wildman–Crippen LogP) is 3.24. The molecule has 0 aliphatic carbocycles. The van der Waals surface area contributed by atoms with E-state index in [1.165, 1.54) is 30.5 Å². The van der Waals surface area contributed by atoms with Crippen molar-refractivity contribution in [3.63, 3.8) is 0 Å². The number of carbonyl (C=O) groups excluding carboxylic acids is 4. The Morgan fingerprint density at radius 2 is 1.49 bits per heavy atom. The van der Waals surface area contributed by atoms with Crippen molar-refractivity contribution >= 4 is 64.4 Å². The molecule has 10 nitrogen and oxygen atoms in total. The van der Waals surface area contributed by atoms with Crippen molar-refractivity contribution in [1.82, 2.24) is 10.7 Å². The molecule has 0 spiro atoms. The fourth-order valence-corrected chi connectivity index (χ4v) is 2.90. The van der Waals surface area contributed by atoms with Crippen molar-refractivity contribution < 1.29 is 23.6 Å². The highest BCUT2D eigenvalue weighted by atomic mass is 35.5. The van der Waals surface area contributed by atoms with Crippen molar-refractivity contribution in [3.05, 3.63) is 81.7 Å². The van der Waals surface area contributed by atoms with Gasteiger partial charge in [0.2, 0.25) is 0 Å². The Morgan fingerprint density at radius 3 is 2.20 bits per heavy atom. The Balaban J connectivity index is 1.43. The van der Waals surface area contributed by atoms with Crippen molar-refractivity contribution in [2.24, 2.45) is 5.10 Å². The molecule has 4 N–H and O–H groups in total. The molecule has 0 aliphatic heterocycles. The van der Waals surface area contributed by atoms with E-state index in [4.69, 9.17) is 27.6 Å². The number of rotatable bonds is 6. The van der Waals surface area contributed by atoms with E-state index in [9.17, 15) is 19.2 Å². The van der Waals surface area contributed by atoms with Gasteiger partial charge in [0, 0.05) is 11.4 Å². The Bertz CT molecular complexity index is 1290. The highest BCUT2D eigenvalue weighted by Crippen LogP contribution is 2.24. The second-order valence-corrected chi connectivity index (χ2v) is 7.90. The summed E-state index contributed by atoms with van der Waals surface area (Å²) in [7, 11) is 0. The normalized spacial score (nSPS) is 10.6. The number of nitrogens with one attached hydrogen (secondary N) is 4. The SMILES string of the molecule is Cc1ccc(NC(=O)C(=O)N/N=C\c2ccc(CNC(=O)C(=O)Nc3ccc(Cl)c(Cl)c3)o2)cc1. The van der Waals surface area contributed by atoms with Crippen LogP contribution in [-0.4, -0.2) is 29.8 Å². The van der Waals surface area contributed by atoms with Gasteiger partial charge in [0.1, 0.15) is 11.5 Å². The van der Waals surface area contributed by atoms with Crippen LogP contribution in [0.5, 0.6) is 0 Å². The van der Waals surface area contributed by atoms with E-state index in [0.29, 0.717) is 22.2 Å². The monoisotopic (exact) mass is 515 g/mol. The summed E-state index contributed by atoms with van der Waals surface area (Å²) in [5, 5.41) is 11.5. The third-order valence-corrected chi connectivity index (χ3v) is 5.10. The first-order valence-corrected chi connectivity index (χ1v) is 10.8. The van der Waals surface area contributed by atoms with Crippen LogP contribution in [0.2, 0.25) is 10.0 Å². The molecule has 0 saturated heterocycles. The van der Waals surface area contributed by atoms with Gasteiger partial charge in [-0.1, -0.05) is 40.9 Å². The fraction of sp³-hybridized carbons (Fsp3) is 0.0870. The maximum Gasteiger partial charge on any atom is 0.329 e. The highest BCUT2D eigenvalue weighted by Gasteiger charge is 2.15. The lowest BCUT2D eigenvalue weighted by molar-refractivity contribution is -0.136. The van der Waals surface area contributed by atoms with Gasteiger partial charge in [-0.3, -0.25) is 19.2 Å². The molecule has 0 radical (unpaired) electrons. The Kier molecular flexibility index (Phi) is 8.60. The standard InChI is InChI=1S/C23H19Cl2N5O5/c1-13-2-4-14(5-3-13)28-22(33)23(34)30-27-12-17-8-7-16(35-17)11-26-20(31)21(32)29-15-6-9-18(24)19(25)10-15/h2-10,12H,11H2,1H3,(H,26,31)(H,28,33)(H,29,32)(H,30,34)/b27-12-. The molecule has 1 aromatic heterocycles. The molecule has 0 aliphatic rings. The van der Waals surface area contributed by atoms with Crippen LogP contribution in [-0.2, 0) is 25.7 Å². The van der Waals surface area contributed by atoms with Crippen LogP contribution in [0.25, 0.3) is 0 Å². The molecule has 2 aromatic carbocycles. The van der Waals surface area contributed by atoms with E-state index in [1.807, 2.05) is 6.92 Å². The smallest absolute Gasteiger partial charge is 0.329 e. The number of anilines is 2. The second kappa shape index (κ2) is 11.8. The number of hydrazone groups is 1. The molecular weight excluding hydrogens is 497 g/mol. The zero-order valence-electron chi connectivity index (χ0n) is 18.2. The van der Waals surface area contributed by atoms with Gasteiger partial charge in [-0.15, -0.1) is 0 Å². The number of benzene rings is 2. The molecule has 3 aromatic rings. The molecule has 4 amide bonds. The fourth-order valence-electron chi connectivity index (χ4n) is 2.60. The van der Waals surface area contributed by atoms with Gasteiger partial charge >= 0.3 is 23.6 Å². The van der Waals surface area contributed by atoms with Crippen LogP contribution < -0.4 is 21.4 Å². The first kappa shape index (κ1) is 25.5. The van der Waals surface area contributed by atoms with Crippen molar-refractivity contribution in [2.75, 3.05) is 10.6 Å². The van der Waals surface area contributed by atoms with Gasteiger partial charge in [0.15, 0.2) is 0 Å². The highest BCUT2D eigenvalue weighted by molar-refractivity contribution is 6.43. The van der Waals surface area contributed by atoms with E-state index in [2.05, 4.69) is 26.5 Å². The molecule has 12 heteroatoms. The van der Waals surface area contributed by atoms with Crippen LogP contribution in [0, 0.1) is 6.92 Å². The minimum absolute atomic E-state index is 0.0766. The van der Waals surface area contributed by atoms with Crippen LogP contribution in [0.3, 0.4) is 0 Å². The summed E-state index contributed by atoms with van der Waals surface area (Å²) < 4.78 is 5.43. The van der Waals surface area contributed by atoms with Crippen LogP contribution >= 0.6 is 23.2 Å². The minimum Gasteiger partial charge on any atom is -0.458 e. The Hall–Kier alpha value is -4.15. The van der Waals surface area contributed by atoms with E-state index in [-0.39, 0.29) is 17.3 Å². The summed E-state index contributed by atoms with van der Waals surface area (Å²) in [6, 6.07) is 14.4. The summed E-state index contributed by atoms with van der Waals surface area (Å²) >= 11 is 11.7. The molecule has 0 unspecified atom stereocenters. The van der Waals surface area contributed by atoms with Gasteiger partial charge in [-0.25, -0.2) is 5.43 Å². The first-order chi connectivity index (χ1) is 16.7. The third kappa shape index (κ3) is 7.70. The average molecular weight is 516 g/mol. The number of aryl methyl sites for hydroxylation is 1. The molecule has 0 bridgehead atoms.